The Morgan fingerprint density at radius 1 is 1.36 bits per heavy atom. The molecule has 0 aliphatic carbocycles. The summed E-state index contributed by atoms with van der Waals surface area (Å²) in [5, 5.41) is 0. The molecule has 2 rings (SSSR count). The van der Waals surface area contributed by atoms with E-state index in [9.17, 15) is 0 Å². The van der Waals surface area contributed by atoms with Crippen molar-refractivity contribution in [3.8, 4) is 0 Å². The van der Waals surface area contributed by atoms with E-state index in [0.717, 1.165) is 13.2 Å². The zero-order valence-electron chi connectivity index (χ0n) is 8.81. The van der Waals surface area contributed by atoms with Gasteiger partial charge in [-0.25, -0.2) is 0 Å². The van der Waals surface area contributed by atoms with Gasteiger partial charge in [0.1, 0.15) is 6.23 Å². The van der Waals surface area contributed by atoms with Crippen molar-refractivity contribution in [2.45, 2.75) is 19.1 Å². The van der Waals surface area contributed by atoms with Crippen LogP contribution >= 0.6 is 0 Å². The van der Waals surface area contributed by atoms with Gasteiger partial charge >= 0.3 is 0 Å². The highest BCUT2D eigenvalue weighted by atomic mass is 16.5. The molecule has 2 unspecified atom stereocenters. The van der Waals surface area contributed by atoms with E-state index >= 15 is 0 Å². The van der Waals surface area contributed by atoms with E-state index in [1.54, 1.807) is 0 Å². The minimum atomic E-state index is 0.248. The zero-order chi connectivity index (χ0) is 9.97. The van der Waals surface area contributed by atoms with Crippen molar-refractivity contribution < 1.29 is 4.74 Å². The quantitative estimate of drug-likeness (QED) is 0.709. The minimum absolute atomic E-state index is 0.248. The summed E-state index contributed by atoms with van der Waals surface area (Å²) in [6.45, 7) is 4.13. The molecule has 0 bridgehead atoms. The minimum Gasteiger partial charge on any atom is -0.361 e. The molecule has 1 aliphatic heterocycles. The molecule has 0 spiro atoms. The van der Waals surface area contributed by atoms with Gasteiger partial charge in [0.15, 0.2) is 0 Å². The van der Waals surface area contributed by atoms with Gasteiger partial charge in [0.05, 0.1) is 6.61 Å². The van der Waals surface area contributed by atoms with E-state index in [-0.39, 0.29) is 6.23 Å². The van der Waals surface area contributed by atoms with Gasteiger partial charge in [-0.1, -0.05) is 37.3 Å². The Morgan fingerprint density at radius 3 is 2.64 bits per heavy atom. The summed E-state index contributed by atoms with van der Waals surface area (Å²) < 4.78 is 5.71. The molecule has 14 heavy (non-hydrogen) atoms. The van der Waals surface area contributed by atoms with Gasteiger partial charge in [-0.2, -0.15) is 0 Å². The Labute approximate surface area is 85.5 Å². The maximum absolute atomic E-state index is 5.71. The van der Waals surface area contributed by atoms with E-state index in [2.05, 4.69) is 49.2 Å². The van der Waals surface area contributed by atoms with Gasteiger partial charge in [-0.15, -0.1) is 0 Å². The molecule has 2 heteroatoms. The van der Waals surface area contributed by atoms with Crippen molar-refractivity contribution in [3.05, 3.63) is 35.9 Å². The Kier molecular flexibility index (Phi) is 2.85. The standard InChI is InChI=1S/C12H17NO/c1-10(11-6-4-3-5-7-11)12-13(2)8-9-14-12/h3-7,10,12H,8-9H2,1-2H3. The molecule has 2 atom stereocenters. The van der Waals surface area contributed by atoms with Crippen molar-refractivity contribution in [2.75, 3.05) is 20.2 Å². The van der Waals surface area contributed by atoms with Crippen LogP contribution in [0.3, 0.4) is 0 Å². The highest BCUT2D eigenvalue weighted by Gasteiger charge is 2.27. The molecule has 1 aromatic carbocycles. The smallest absolute Gasteiger partial charge is 0.117 e. The fourth-order valence-corrected chi connectivity index (χ4v) is 2.02. The number of hydrogen-bond acceptors (Lipinski definition) is 2. The normalized spacial score (nSPS) is 25.1. The van der Waals surface area contributed by atoms with Crippen LogP contribution in [0.15, 0.2) is 30.3 Å². The molecule has 0 amide bonds. The van der Waals surface area contributed by atoms with Crippen LogP contribution in [0.4, 0.5) is 0 Å². The molecular weight excluding hydrogens is 174 g/mol. The van der Waals surface area contributed by atoms with E-state index in [1.807, 2.05) is 0 Å². The van der Waals surface area contributed by atoms with Crippen LogP contribution in [-0.4, -0.2) is 31.3 Å². The van der Waals surface area contributed by atoms with E-state index in [0.29, 0.717) is 5.92 Å². The molecule has 1 saturated heterocycles. The average molecular weight is 191 g/mol. The second-order valence-corrected chi connectivity index (χ2v) is 3.94. The Bertz CT molecular complexity index is 286. The van der Waals surface area contributed by atoms with Gasteiger partial charge in [0.2, 0.25) is 0 Å². The van der Waals surface area contributed by atoms with Gasteiger partial charge < -0.3 is 4.74 Å². The number of ether oxygens (including phenoxy) is 1. The fraction of sp³-hybridized carbons (Fsp3) is 0.500. The lowest BCUT2D eigenvalue weighted by atomic mass is 9.99. The van der Waals surface area contributed by atoms with Crippen LogP contribution in [0.2, 0.25) is 0 Å². The van der Waals surface area contributed by atoms with Crippen molar-refractivity contribution >= 4 is 0 Å². The van der Waals surface area contributed by atoms with Gasteiger partial charge in [0.25, 0.3) is 0 Å². The molecule has 2 nitrogen and oxygen atoms in total. The number of rotatable bonds is 2. The van der Waals surface area contributed by atoms with E-state index in [1.165, 1.54) is 5.56 Å². The maximum atomic E-state index is 5.71. The van der Waals surface area contributed by atoms with Gasteiger partial charge in [-0.05, 0) is 12.6 Å². The molecule has 1 aromatic rings. The third-order valence-electron chi connectivity index (χ3n) is 2.92. The molecule has 0 N–H and O–H groups in total. The number of hydrogen-bond donors (Lipinski definition) is 0. The predicted octanol–water partition coefficient (Wildman–Crippen LogP) is 2.08. The summed E-state index contributed by atoms with van der Waals surface area (Å²) in [5.74, 6) is 0.448. The molecule has 1 aliphatic rings. The van der Waals surface area contributed by atoms with Crippen LogP contribution in [0.5, 0.6) is 0 Å². The molecule has 0 saturated carbocycles. The third-order valence-corrected chi connectivity index (χ3v) is 2.92. The molecular formula is C12H17NO. The molecule has 0 aromatic heterocycles. The highest BCUT2D eigenvalue weighted by Crippen LogP contribution is 2.25. The fourth-order valence-electron chi connectivity index (χ4n) is 2.02. The van der Waals surface area contributed by atoms with E-state index < -0.39 is 0 Å². The van der Waals surface area contributed by atoms with Crippen LogP contribution in [0.25, 0.3) is 0 Å². The zero-order valence-corrected chi connectivity index (χ0v) is 8.81. The highest BCUT2D eigenvalue weighted by molar-refractivity contribution is 5.19. The first kappa shape index (κ1) is 9.69. The first-order valence-corrected chi connectivity index (χ1v) is 5.16. The second-order valence-electron chi connectivity index (χ2n) is 3.94. The predicted molar refractivity (Wildman–Crippen MR) is 57.2 cm³/mol. The Hall–Kier alpha value is -0.860. The lowest BCUT2D eigenvalue weighted by molar-refractivity contribution is 0.0277. The van der Waals surface area contributed by atoms with Crippen LogP contribution in [-0.2, 0) is 4.74 Å². The van der Waals surface area contributed by atoms with Crippen molar-refractivity contribution in [1.29, 1.82) is 0 Å². The maximum Gasteiger partial charge on any atom is 0.117 e. The Balaban J connectivity index is 2.12. The summed E-state index contributed by atoms with van der Waals surface area (Å²) >= 11 is 0. The second kappa shape index (κ2) is 4.11. The lowest BCUT2D eigenvalue weighted by Gasteiger charge is -2.24. The summed E-state index contributed by atoms with van der Waals surface area (Å²) in [7, 11) is 2.12. The molecule has 76 valence electrons. The van der Waals surface area contributed by atoms with Crippen LogP contribution in [0.1, 0.15) is 18.4 Å². The van der Waals surface area contributed by atoms with Crippen molar-refractivity contribution in [2.24, 2.45) is 0 Å². The topological polar surface area (TPSA) is 12.5 Å². The molecule has 1 heterocycles. The van der Waals surface area contributed by atoms with Gasteiger partial charge in [0, 0.05) is 12.5 Å². The van der Waals surface area contributed by atoms with Crippen LogP contribution in [0, 0.1) is 0 Å². The first-order valence-electron chi connectivity index (χ1n) is 5.16. The summed E-state index contributed by atoms with van der Waals surface area (Å²) in [4.78, 5) is 2.28. The third kappa shape index (κ3) is 1.81. The largest absolute Gasteiger partial charge is 0.361 e. The summed E-state index contributed by atoms with van der Waals surface area (Å²) in [6, 6.07) is 10.6. The van der Waals surface area contributed by atoms with E-state index in [4.69, 9.17) is 4.74 Å². The number of benzene rings is 1. The monoisotopic (exact) mass is 191 g/mol. The average Bonchev–Trinajstić information content (AvgIpc) is 2.65. The first-order chi connectivity index (χ1) is 6.79. The summed E-state index contributed by atoms with van der Waals surface area (Å²) in [6.07, 6.45) is 0.248. The summed E-state index contributed by atoms with van der Waals surface area (Å²) in [5.41, 5.74) is 1.35. The lowest BCUT2D eigenvalue weighted by Crippen LogP contribution is -2.30. The van der Waals surface area contributed by atoms with Crippen molar-refractivity contribution in [1.82, 2.24) is 4.90 Å². The molecule has 1 fully saturated rings. The Morgan fingerprint density at radius 2 is 2.07 bits per heavy atom. The molecule has 0 radical (unpaired) electrons. The van der Waals surface area contributed by atoms with Crippen LogP contribution < -0.4 is 0 Å². The van der Waals surface area contributed by atoms with Gasteiger partial charge in [-0.3, -0.25) is 4.90 Å². The number of likely N-dealkylation sites (N-methyl/N-ethyl adjacent to an activating group) is 1. The van der Waals surface area contributed by atoms with Crippen molar-refractivity contribution in [3.63, 3.8) is 0 Å². The SMILES string of the molecule is CC(c1ccccc1)C1OCCN1C. The number of nitrogens with zero attached hydrogens (tertiary/aromatic N) is 1.